The van der Waals surface area contributed by atoms with Crippen LogP contribution >= 0.6 is 0 Å². The normalized spacial score (nSPS) is 23.3. The summed E-state index contributed by atoms with van der Waals surface area (Å²) in [7, 11) is 0. The second-order valence-electron chi connectivity index (χ2n) is 7.62. The van der Waals surface area contributed by atoms with Crippen LogP contribution in [0.1, 0.15) is 51.9 Å². The Balaban J connectivity index is 1.52. The molecular formula is C19H27N3O7. The Morgan fingerprint density at radius 3 is 2.52 bits per heavy atom. The van der Waals surface area contributed by atoms with Crippen LogP contribution in [0.2, 0.25) is 0 Å². The standard InChI is InChI=1S/C19H27N3O7/c1-2-28-16(25)13-7-3-6-10-21(13)14(23)12-29-15(24)11-22-17(26)19(20-18(22)27)8-4-5-9-19/h13H,2-12H2,1H3,(H,20,27)/t13-/m0/s1. The molecule has 29 heavy (non-hydrogen) atoms. The summed E-state index contributed by atoms with van der Waals surface area (Å²) in [5, 5.41) is 2.68. The molecule has 10 heteroatoms. The van der Waals surface area contributed by atoms with Gasteiger partial charge in [0.25, 0.3) is 11.8 Å². The number of nitrogens with zero attached hydrogens (tertiary/aromatic N) is 2. The second kappa shape index (κ2) is 8.79. The lowest BCUT2D eigenvalue weighted by atomic mass is 9.98. The molecule has 4 amide bonds. The zero-order valence-electron chi connectivity index (χ0n) is 16.6. The van der Waals surface area contributed by atoms with Crippen LogP contribution in [0.25, 0.3) is 0 Å². The van der Waals surface area contributed by atoms with Crippen LogP contribution in [0.3, 0.4) is 0 Å². The zero-order valence-corrected chi connectivity index (χ0v) is 16.6. The molecule has 1 saturated carbocycles. The molecule has 10 nitrogen and oxygen atoms in total. The maximum atomic E-state index is 12.5. The summed E-state index contributed by atoms with van der Waals surface area (Å²) in [5.74, 6) is -2.23. The lowest BCUT2D eigenvalue weighted by molar-refractivity contribution is -0.161. The molecule has 3 fully saturated rings. The van der Waals surface area contributed by atoms with Crippen molar-refractivity contribution in [1.29, 1.82) is 0 Å². The highest BCUT2D eigenvalue weighted by Crippen LogP contribution is 2.34. The fourth-order valence-corrected chi connectivity index (χ4v) is 4.25. The molecule has 1 N–H and O–H groups in total. The second-order valence-corrected chi connectivity index (χ2v) is 7.62. The number of amides is 4. The van der Waals surface area contributed by atoms with E-state index >= 15 is 0 Å². The number of carbonyl (C=O) groups excluding carboxylic acids is 5. The van der Waals surface area contributed by atoms with Gasteiger partial charge in [-0.25, -0.2) is 9.59 Å². The van der Waals surface area contributed by atoms with Crippen molar-refractivity contribution in [2.24, 2.45) is 0 Å². The predicted octanol–water partition coefficient (Wildman–Crippen LogP) is 0.338. The smallest absolute Gasteiger partial charge is 0.328 e. The fraction of sp³-hybridized carbons (Fsp3) is 0.737. The minimum Gasteiger partial charge on any atom is -0.464 e. The Bertz CT molecular complexity index is 702. The van der Waals surface area contributed by atoms with E-state index < -0.39 is 54.5 Å². The van der Waals surface area contributed by atoms with Crippen molar-refractivity contribution in [2.75, 3.05) is 26.3 Å². The summed E-state index contributed by atoms with van der Waals surface area (Å²) >= 11 is 0. The number of nitrogens with one attached hydrogen (secondary N) is 1. The third kappa shape index (κ3) is 4.35. The topological polar surface area (TPSA) is 122 Å². The van der Waals surface area contributed by atoms with Gasteiger partial charge in [-0.05, 0) is 39.0 Å². The first-order valence-electron chi connectivity index (χ1n) is 10.1. The van der Waals surface area contributed by atoms with Crippen LogP contribution < -0.4 is 5.32 Å². The molecule has 160 valence electrons. The molecule has 1 aliphatic carbocycles. The number of ether oxygens (including phenoxy) is 2. The number of imide groups is 1. The Labute approximate surface area is 168 Å². The number of likely N-dealkylation sites (tertiary alicyclic amines) is 1. The lowest BCUT2D eigenvalue weighted by Crippen LogP contribution is -2.50. The van der Waals surface area contributed by atoms with E-state index in [4.69, 9.17) is 9.47 Å². The molecule has 0 bridgehead atoms. The average Bonchev–Trinajstić information content (AvgIpc) is 3.27. The number of hydrogen-bond acceptors (Lipinski definition) is 7. The third-order valence-electron chi connectivity index (χ3n) is 5.73. The van der Waals surface area contributed by atoms with Crippen LogP contribution in [0.5, 0.6) is 0 Å². The SMILES string of the molecule is CCOC(=O)[C@@H]1CCCCN1C(=O)COC(=O)CN1C(=O)NC2(CCCC2)C1=O. The van der Waals surface area contributed by atoms with Gasteiger partial charge in [0.2, 0.25) is 0 Å². The lowest BCUT2D eigenvalue weighted by Gasteiger charge is -2.33. The summed E-state index contributed by atoms with van der Waals surface area (Å²) in [6.07, 6.45) is 4.87. The van der Waals surface area contributed by atoms with Crippen LogP contribution in [0.4, 0.5) is 4.79 Å². The third-order valence-corrected chi connectivity index (χ3v) is 5.73. The van der Waals surface area contributed by atoms with E-state index in [2.05, 4.69) is 5.32 Å². The van der Waals surface area contributed by atoms with Gasteiger partial charge in [-0.2, -0.15) is 0 Å². The van der Waals surface area contributed by atoms with Crippen molar-refractivity contribution < 1.29 is 33.4 Å². The van der Waals surface area contributed by atoms with E-state index in [1.54, 1.807) is 6.92 Å². The van der Waals surface area contributed by atoms with E-state index in [1.165, 1.54) is 4.90 Å². The molecule has 2 saturated heterocycles. The largest absolute Gasteiger partial charge is 0.464 e. The summed E-state index contributed by atoms with van der Waals surface area (Å²) in [6.45, 7) is 1.21. The molecule has 0 radical (unpaired) electrons. The van der Waals surface area contributed by atoms with Gasteiger partial charge >= 0.3 is 18.0 Å². The molecule has 2 aliphatic heterocycles. The van der Waals surface area contributed by atoms with Gasteiger partial charge < -0.3 is 19.7 Å². The Morgan fingerprint density at radius 1 is 1.10 bits per heavy atom. The van der Waals surface area contributed by atoms with Crippen LogP contribution in [0, 0.1) is 0 Å². The Kier molecular flexibility index (Phi) is 6.39. The van der Waals surface area contributed by atoms with Crippen molar-refractivity contribution in [1.82, 2.24) is 15.1 Å². The zero-order chi connectivity index (χ0) is 21.0. The fourth-order valence-electron chi connectivity index (χ4n) is 4.25. The van der Waals surface area contributed by atoms with Crippen LogP contribution in [0.15, 0.2) is 0 Å². The number of carbonyl (C=O) groups is 5. The van der Waals surface area contributed by atoms with Gasteiger partial charge in [-0.15, -0.1) is 0 Å². The number of hydrogen-bond donors (Lipinski definition) is 1. The van der Waals surface area contributed by atoms with Crippen molar-refractivity contribution in [2.45, 2.75) is 63.5 Å². The number of urea groups is 1. The van der Waals surface area contributed by atoms with Crippen LogP contribution in [-0.4, -0.2) is 77.5 Å². The average molecular weight is 409 g/mol. The summed E-state index contributed by atoms with van der Waals surface area (Å²) in [6, 6.07) is -1.29. The maximum absolute atomic E-state index is 12.5. The number of rotatable bonds is 6. The predicted molar refractivity (Wildman–Crippen MR) is 98.4 cm³/mol. The monoisotopic (exact) mass is 409 g/mol. The molecule has 0 aromatic carbocycles. The van der Waals surface area contributed by atoms with Gasteiger partial charge in [0.05, 0.1) is 6.61 Å². The first-order chi connectivity index (χ1) is 13.9. The van der Waals surface area contributed by atoms with E-state index in [1.807, 2.05) is 0 Å². The van der Waals surface area contributed by atoms with Crippen molar-refractivity contribution in [3.05, 3.63) is 0 Å². The number of esters is 2. The summed E-state index contributed by atoms with van der Waals surface area (Å²) < 4.78 is 10.0. The Hall–Kier alpha value is -2.65. The summed E-state index contributed by atoms with van der Waals surface area (Å²) in [5.41, 5.74) is -0.895. The van der Waals surface area contributed by atoms with Gasteiger partial charge in [0.15, 0.2) is 6.61 Å². The molecule has 0 unspecified atom stereocenters. The first-order valence-corrected chi connectivity index (χ1v) is 10.1. The van der Waals surface area contributed by atoms with Gasteiger partial charge in [0.1, 0.15) is 18.1 Å². The first kappa shape index (κ1) is 21.1. The van der Waals surface area contributed by atoms with Gasteiger partial charge in [0, 0.05) is 6.54 Å². The molecule has 0 aromatic heterocycles. The number of piperidine rings is 1. The minimum absolute atomic E-state index is 0.222. The molecule has 0 aromatic rings. The van der Waals surface area contributed by atoms with Crippen molar-refractivity contribution >= 4 is 29.8 Å². The van der Waals surface area contributed by atoms with Gasteiger partial charge in [-0.3, -0.25) is 19.3 Å². The molecule has 1 atom stereocenters. The van der Waals surface area contributed by atoms with Gasteiger partial charge in [-0.1, -0.05) is 12.8 Å². The highest BCUT2D eigenvalue weighted by molar-refractivity contribution is 6.08. The maximum Gasteiger partial charge on any atom is 0.328 e. The molecule has 1 spiro atoms. The van der Waals surface area contributed by atoms with Crippen molar-refractivity contribution in [3.8, 4) is 0 Å². The molecule has 3 rings (SSSR count). The minimum atomic E-state index is -0.895. The molecule has 2 heterocycles. The van der Waals surface area contributed by atoms with Crippen molar-refractivity contribution in [3.63, 3.8) is 0 Å². The molecular weight excluding hydrogens is 382 g/mol. The van der Waals surface area contributed by atoms with Crippen LogP contribution in [-0.2, 0) is 28.7 Å². The quantitative estimate of drug-likeness (QED) is 0.496. The highest BCUT2D eigenvalue weighted by Gasteiger charge is 2.52. The van der Waals surface area contributed by atoms with E-state index in [9.17, 15) is 24.0 Å². The van der Waals surface area contributed by atoms with E-state index in [0.717, 1.165) is 30.6 Å². The Morgan fingerprint density at radius 2 is 1.83 bits per heavy atom. The summed E-state index contributed by atoms with van der Waals surface area (Å²) in [4.78, 5) is 63.6. The van der Waals surface area contributed by atoms with E-state index in [0.29, 0.717) is 25.8 Å². The highest BCUT2D eigenvalue weighted by atomic mass is 16.5. The van der Waals surface area contributed by atoms with E-state index in [-0.39, 0.29) is 6.61 Å². The molecule has 3 aliphatic rings.